The Hall–Kier alpha value is -1.90. The van der Waals surface area contributed by atoms with Crippen LogP contribution in [0.15, 0.2) is 18.3 Å². The minimum atomic E-state index is -0.319. The van der Waals surface area contributed by atoms with Crippen molar-refractivity contribution in [1.82, 2.24) is 9.88 Å². The van der Waals surface area contributed by atoms with E-state index in [0.29, 0.717) is 31.7 Å². The first-order chi connectivity index (χ1) is 9.61. The van der Waals surface area contributed by atoms with E-state index in [1.807, 2.05) is 6.92 Å². The van der Waals surface area contributed by atoms with Crippen LogP contribution in [-0.2, 0) is 0 Å². The molecule has 1 saturated heterocycles. The maximum Gasteiger partial charge on any atom is 0.272 e. The lowest BCUT2D eigenvalue weighted by Gasteiger charge is -2.34. The topological polar surface area (TPSA) is 79.5 Å². The van der Waals surface area contributed by atoms with Gasteiger partial charge in [-0.3, -0.25) is 4.79 Å². The average Bonchev–Trinajstić information content (AvgIpc) is 2.48. The van der Waals surface area contributed by atoms with Crippen molar-refractivity contribution in [2.75, 3.05) is 19.6 Å². The fourth-order valence-corrected chi connectivity index (χ4v) is 2.23. The molecule has 0 aromatic carbocycles. The smallest absolute Gasteiger partial charge is 0.272 e. The molecular weight excluding hydrogens is 254 g/mol. The van der Waals surface area contributed by atoms with Crippen molar-refractivity contribution in [2.24, 2.45) is 11.7 Å². The Kier molecular flexibility index (Phi) is 4.72. The second-order valence-electron chi connectivity index (χ2n) is 5.02. The fraction of sp³-hybridized carbons (Fsp3) is 0.467. The van der Waals surface area contributed by atoms with Crippen LogP contribution >= 0.6 is 0 Å². The van der Waals surface area contributed by atoms with Crippen LogP contribution in [0.2, 0.25) is 0 Å². The highest BCUT2D eigenvalue weighted by molar-refractivity contribution is 5.92. The maximum absolute atomic E-state index is 12.3. The van der Waals surface area contributed by atoms with Gasteiger partial charge in [-0.15, -0.1) is 0 Å². The van der Waals surface area contributed by atoms with Gasteiger partial charge in [0.05, 0.1) is 12.6 Å². The zero-order valence-electron chi connectivity index (χ0n) is 11.5. The normalized spacial score (nSPS) is 22.1. The summed E-state index contributed by atoms with van der Waals surface area (Å²) in [6.45, 7) is 3.38. The molecular formula is C15H19N3O2. The number of hydrogen-bond donors (Lipinski definition) is 2. The van der Waals surface area contributed by atoms with Crippen LogP contribution < -0.4 is 5.73 Å². The predicted molar refractivity (Wildman–Crippen MR) is 75.9 cm³/mol. The molecule has 1 aromatic heterocycles. The summed E-state index contributed by atoms with van der Waals surface area (Å²) in [7, 11) is 0. The first-order valence-corrected chi connectivity index (χ1v) is 6.74. The lowest BCUT2D eigenvalue weighted by Crippen LogP contribution is -2.45. The molecule has 1 aliphatic rings. The number of aromatic nitrogens is 1. The highest BCUT2D eigenvalue weighted by atomic mass is 16.3. The number of nitrogens with zero attached hydrogens (tertiary/aromatic N) is 2. The van der Waals surface area contributed by atoms with Gasteiger partial charge < -0.3 is 15.7 Å². The molecule has 0 spiro atoms. The summed E-state index contributed by atoms with van der Waals surface area (Å²) in [5.74, 6) is 5.61. The maximum atomic E-state index is 12.3. The average molecular weight is 273 g/mol. The monoisotopic (exact) mass is 273 g/mol. The van der Waals surface area contributed by atoms with Gasteiger partial charge in [0.2, 0.25) is 0 Å². The van der Waals surface area contributed by atoms with E-state index in [4.69, 9.17) is 5.73 Å². The van der Waals surface area contributed by atoms with Gasteiger partial charge in [-0.2, -0.15) is 0 Å². The first-order valence-electron chi connectivity index (χ1n) is 6.74. The number of carbonyl (C=O) groups excluding carboxylic acids is 1. The molecule has 1 amide bonds. The number of piperidine rings is 1. The lowest BCUT2D eigenvalue weighted by atomic mass is 9.96. The van der Waals surface area contributed by atoms with Crippen molar-refractivity contribution in [2.45, 2.75) is 19.4 Å². The van der Waals surface area contributed by atoms with Gasteiger partial charge >= 0.3 is 0 Å². The van der Waals surface area contributed by atoms with Gasteiger partial charge in [0, 0.05) is 24.8 Å². The van der Waals surface area contributed by atoms with E-state index in [0.717, 1.165) is 5.56 Å². The summed E-state index contributed by atoms with van der Waals surface area (Å²) in [4.78, 5) is 18.2. The van der Waals surface area contributed by atoms with Gasteiger partial charge in [-0.05, 0) is 24.5 Å². The summed E-state index contributed by atoms with van der Waals surface area (Å²) in [6.07, 6.45) is 1.88. The van der Waals surface area contributed by atoms with Crippen LogP contribution in [0.25, 0.3) is 0 Å². The van der Waals surface area contributed by atoms with Crippen molar-refractivity contribution in [3.05, 3.63) is 29.6 Å². The Bertz CT molecular complexity index is 530. The highest BCUT2D eigenvalue weighted by Gasteiger charge is 2.28. The van der Waals surface area contributed by atoms with E-state index < -0.39 is 0 Å². The third-order valence-corrected chi connectivity index (χ3v) is 3.46. The Labute approximate surface area is 118 Å². The molecule has 2 heterocycles. The van der Waals surface area contributed by atoms with Crippen molar-refractivity contribution in [1.29, 1.82) is 0 Å². The molecule has 1 aliphatic heterocycles. The Morgan fingerprint density at radius 3 is 3.00 bits per heavy atom. The number of aliphatic hydroxyl groups is 1. The van der Waals surface area contributed by atoms with Crippen LogP contribution in [0.5, 0.6) is 0 Å². The predicted octanol–water partition coefficient (Wildman–Crippen LogP) is 0.235. The van der Waals surface area contributed by atoms with E-state index in [1.165, 1.54) is 0 Å². The van der Waals surface area contributed by atoms with E-state index in [2.05, 4.69) is 16.8 Å². The number of amides is 1. The molecule has 2 unspecified atom stereocenters. The molecule has 1 fully saturated rings. The van der Waals surface area contributed by atoms with Crippen LogP contribution in [-0.4, -0.2) is 46.6 Å². The van der Waals surface area contributed by atoms with Gasteiger partial charge in [-0.25, -0.2) is 4.98 Å². The van der Waals surface area contributed by atoms with Crippen LogP contribution in [0.1, 0.15) is 29.4 Å². The SMILES string of the molecule is CC1CN(C(=O)c2ccc(C#CCN)cn2)CCC1O. The number of aliphatic hydroxyl groups excluding tert-OH is 1. The molecule has 5 heteroatoms. The molecule has 0 bridgehead atoms. The molecule has 106 valence electrons. The Morgan fingerprint density at radius 2 is 2.40 bits per heavy atom. The number of hydrogen-bond acceptors (Lipinski definition) is 4. The van der Waals surface area contributed by atoms with E-state index in [-0.39, 0.29) is 17.9 Å². The minimum absolute atomic E-state index is 0.0953. The van der Waals surface area contributed by atoms with Crippen molar-refractivity contribution in [3.63, 3.8) is 0 Å². The van der Waals surface area contributed by atoms with E-state index in [9.17, 15) is 9.90 Å². The summed E-state index contributed by atoms with van der Waals surface area (Å²) in [6, 6.07) is 3.45. The largest absolute Gasteiger partial charge is 0.393 e. The lowest BCUT2D eigenvalue weighted by molar-refractivity contribution is 0.0294. The van der Waals surface area contributed by atoms with Crippen molar-refractivity contribution >= 4 is 5.91 Å². The van der Waals surface area contributed by atoms with Crippen LogP contribution in [0, 0.1) is 17.8 Å². The number of likely N-dealkylation sites (tertiary alicyclic amines) is 1. The second-order valence-corrected chi connectivity index (χ2v) is 5.02. The third-order valence-electron chi connectivity index (χ3n) is 3.46. The standard InChI is InChI=1S/C15H19N3O2/c1-11-10-18(8-6-14(11)19)15(20)13-5-4-12(9-17-13)3-2-7-16/h4-5,9,11,14,19H,6-8,10,16H2,1H3. The number of nitrogens with two attached hydrogens (primary N) is 1. The second kappa shape index (κ2) is 6.51. The number of carbonyl (C=O) groups is 1. The molecule has 0 radical (unpaired) electrons. The molecule has 3 N–H and O–H groups in total. The van der Waals surface area contributed by atoms with E-state index in [1.54, 1.807) is 23.2 Å². The van der Waals surface area contributed by atoms with Gasteiger partial charge in [0.1, 0.15) is 5.69 Å². The zero-order chi connectivity index (χ0) is 14.5. The van der Waals surface area contributed by atoms with Crippen LogP contribution in [0.3, 0.4) is 0 Å². The molecule has 2 rings (SSSR count). The number of pyridine rings is 1. The zero-order valence-corrected chi connectivity index (χ0v) is 11.5. The van der Waals surface area contributed by atoms with Gasteiger partial charge in [-0.1, -0.05) is 18.8 Å². The van der Waals surface area contributed by atoms with Crippen LogP contribution in [0.4, 0.5) is 0 Å². The summed E-state index contributed by atoms with van der Waals surface area (Å²) in [5.41, 5.74) is 6.45. The van der Waals surface area contributed by atoms with Crippen molar-refractivity contribution < 1.29 is 9.90 Å². The summed E-state index contributed by atoms with van der Waals surface area (Å²) in [5, 5.41) is 9.69. The Balaban J connectivity index is 2.06. The summed E-state index contributed by atoms with van der Waals surface area (Å²) < 4.78 is 0. The van der Waals surface area contributed by atoms with Crippen molar-refractivity contribution in [3.8, 4) is 11.8 Å². The highest BCUT2D eigenvalue weighted by Crippen LogP contribution is 2.18. The van der Waals surface area contributed by atoms with Gasteiger partial charge in [0.15, 0.2) is 0 Å². The molecule has 0 aliphatic carbocycles. The first kappa shape index (κ1) is 14.5. The molecule has 20 heavy (non-hydrogen) atoms. The molecule has 1 aromatic rings. The number of rotatable bonds is 1. The summed E-state index contributed by atoms with van der Waals surface area (Å²) >= 11 is 0. The quantitative estimate of drug-likeness (QED) is 0.718. The molecule has 0 saturated carbocycles. The minimum Gasteiger partial charge on any atom is -0.393 e. The van der Waals surface area contributed by atoms with E-state index >= 15 is 0 Å². The molecule has 5 nitrogen and oxygen atoms in total. The third kappa shape index (κ3) is 3.35. The Morgan fingerprint density at radius 1 is 1.60 bits per heavy atom. The fourth-order valence-electron chi connectivity index (χ4n) is 2.23. The molecule has 2 atom stereocenters. The van der Waals surface area contributed by atoms with Gasteiger partial charge in [0.25, 0.3) is 5.91 Å².